The standard InChI is InChI=1S/C8H12O4/c1-10-7(9)8(11-2)3-5-12-6-4-8/h3,5H,4,6H2,1-2H3/t8-/m0/s1. The van der Waals surface area contributed by atoms with Crippen molar-refractivity contribution in [3.8, 4) is 0 Å². The van der Waals surface area contributed by atoms with Gasteiger partial charge in [-0.25, -0.2) is 4.79 Å². The first-order chi connectivity index (χ1) is 5.75. The van der Waals surface area contributed by atoms with Crippen LogP contribution < -0.4 is 0 Å². The molecule has 0 aromatic rings. The molecule has 0 fully saturated rings. The van der Waals surface area contributed by atoms with Crippen LogP contribution in [0.4, 0.5) is 0 Å². The minimum absolute atomic E-state index is 0.385. The normalized spacial score (nSPS) is 27.8. The number of rotatable bonds is 2. The molecule has 0 amide bonds. The maximum atomic E-state index is 11.3. The molecular weight excluding hydrogens is 160 g/mol. The van der Waals surface area contributed by atoms with Crippen LogP contribution in [0.5, 0.6) is 0 Å². The van der Waals surface area contributed by atoms with E-state index in [1.165, 1.54) is 20.5 Å². The molecule has 1 aliphatic rings. The van der Waals surface area contributed by atoms with Gasteiger partial charge in [-0.2, -0.15) is 0 Å². The van der Waals surface area contributed by atoms with E-state index in [4.69, 9.17) is 9.47 Å². The van der Waals surface area contributed by atoms with Gasteiger partial charge in [0.2, 0.25) is 0 Å². The van der Waals surface area contributed by atoms with Crippen molar-refractivity contribution < 1.29 is 19.0 Å². The summed E-state index contributed by atoms with van der Waals surface area (Å²) in [4.78, 5) is 11.3. The molecule has 12 heavy (non-hydrogen) atoms. The van der Waals surface area contributed by atoms with Crippen molar-refractivity contribution in [2.75, 3.05) is 20.8 Å². The zero-order chi connectivity index (χ0) is 9.03. The summed E-state index contributed by atoms with van der Waals surface area (Å²) in [7, 11) is 2.82. The van der Waals surface area contributed by atoms with E-state index in [1.54, 1.807) is 6.08 Å². The van der Waals surface area contributed by atoms with Gasteiger partial charge in [-0.1, -0.05) is 0 Å². The van der Waals surface area contributed by atoms with Crippen molar-refractivity contribution in [3.05, 3.63) is 12.3 Å². The van der Waals surface area contributed by atoms with Gasteiger partial charge in [0.1, 0.15) is 0 Å². The number of ether oxygens (including phenoxy) is 3. The van der Waals surface area contributed by atoms with E-state index in [0.29, 0.717) is 13.0 Å². The van der Waals surface area contributed by atoms with Gasteiger partial charge in [0.05, 0.1) is 20.0 Å². The number of carbonyl (C=O) groups excluding carboxylic acids is 1. The van der Waals surface area contributed by atoms with Crippen LogP contribution in [0.3, 0.4) is 0 Å². The first-order valence-corrected chi connectivity index (χ1v) is 3.68. The maximum Gasteiger partial charge on any atom is 0.342 e. The summed E-state index contributed by atoms with van der Waals surface area (Å²) in [5.41, 5.74) is -0.938. The highest BCUT2D eigenvalue weighted by Gasteiger charge is 2.38. The van der Waals surface area contributed by atoms with Crippen LogP contribution in [-0.2, 0) is 19.0 Å². The smallest absolute Gasteiger partial charge is 0.342 e. The third-order valence-corrected chi connectivity index (χ3v) is 1.92. The third kappa shape index (κ3) is 1.43. The van der Waals surface area contributed by atoms with E-state index in [-0.39, 0.29) is 5.97 Å². The first-order valence-electron chi connectivity index (χ1n) is 3.68. The largest absolute Gasteiger partial charge is 0.501 e. The summed E-state index contributed by atoms with van der Waals surface area (Å²) in [6, 6.07) is 0. The van der Waals surface area contributed by atoms with Crippen molar-refractivity contribution in [1.82, 2.24) is 0 Å². The van der Waals surface area contributed by atoms with Crippen molar-refractivity contribution >= 4 is 5.97 Å². The number of carbonyl (C=O) groups is 1. The summed E-state index contributed by atoms with van der Waals surface area (Å²) >= 11 is 0. The molecule has 1 heterocycles. The molecule has 0 spiro atoms. The summed E-state index contributed by atoms with van der Waals surface area (Å²) in [6.07, 6.45) is 3.53. The third-order valence-electron chi connectivity index (χ3n) is 1.92. The fourth-order valence-electron chi connectivity index (χ4n) is 1.12. The predicted molar refractivity (Wildman–Crippen MR) is 41.5 cm³/mol. The molecule has 0 aromatic carbocycles. The molecule has 0 saturated heterocycles. The molecule has 0 aliphatic carbocycles. The van der Waals surface area contributed by atoms with Crippen LogP contribution in [0.25, 0.3) is 0 Å². The van der Waals surface area contributed by atoms with E-state index in [1.807, 2.05) is 0 Å². The molecule has 0 N–H and O–H groups in total. The minimum Gasteiger partial charge on any atom is -0.501 e. The zero-order valence-electron chi connectivity index (χ0n) is 7.20. The Bertz CT molecular complexity index is 199. The molecule has 1 aliphatic heterocycles. The average molecular weight is 172 g/mol. The lowest BCUT2D eigenvalue weighted by Crippen LogP contribution is -2.42. The molecular formula is C8H12O4. The number of hydrogen-bond donors (Lipinski definition) is 0. The average Bonchev–Trinajstić information content (AvgIpc) is 2.17. The molecule has 4 heteroatoms. The Kier molecular flexibility index (Phi) is 2.70. The monoisotopic (exact) mass is 172 g/mol. The van der Waals surface area contributed by atoms with Gasteiger partial charge in [0, 0.05) is 13.5 Å². The lowest BCUT2D eigenvalue weighted by molar-refractivity contribution is -0.163. The van der Waals surface area contributed by atoms with E-state index >= 15 is 0 Å². The molecule has 4 nitrogen and oxygen atoms in total. The fraction of sp³-hybridized carbons (Fsp3) is 0.625. The van der Waals surface area contributed by atoms with Crippen LogP contribution in [0, 0.1) is 0 Å². The van der Waals surface area contributed by atoms with Gasteiger partial charge in [-0.3, -0.25) is 0 Å². The van der Waals surface area contributed by atoms with E-state index in [0.717, 1.165) is 0 Å². The predicted octanol–water partition coefficient (Wildman–Crippen LogP) is 0.479. The minimum atomic E-state index is -0.938. The maximum absolute atomic E-state index is 11.3. The Labute approximate surface area is 71.1 Å². The van der Waals surface area contributed by atoms with Gasteiger partial charge >= 0.3 is 5.97 Å². The van der Waals surface area contributed by atoms with Crippen molar-refractivity contribution in [3.63, 3.8) is 0 Å². The van der Waals surface area contributed by atoms with Gasteiger partial charge in [-0.15, -0.1) is 0 Å². The lowest BCUT2D eigenvalue weighted by Gasteiger charge is -2.28. The molecule has 0 aromatic heterocycles. The van der Waals surface area contributed by atoms with Crippen LogP contribution in [0.1, 0.15) is 6.42 Å². The van der Waals surface area contributed by atoms with Crippen molar-refractivity contribution in [2.24, 2.45) is 0 Å². The highest BCUT2D eigenvalue weighted by molar-refractivity contribution is 5.82. The highest BCUT2D eigenvalue weighted by atomic mass is 16.6. The number of esters is 1. The summed E-state index contributed by atoms with van der Waals surface area (Å²) in [5, 5.41) is 0. The van der Waals surface area contributed by atoms with E-state index in [9.17, 15) is 4.79 Å². The summed E-state index contributed by atoms with van der Waals surface area (Å²) in [5.74, 6) is -0.385. The van der Waals surface area contributed by atoms with Crippen LogP contribution >= 0.6 is 0 Å². The zero-order valence-corrected chi connectivity index (χ0v) is 7.20. The van der Waals surface area contributed by atoms with E-state index in [2.05, 4.69) is 4.74 Å². The van der Waals surface area contributed by atoms with Crippen LogP contribution in [-0.4, -0.2) is 32.4 Å². The first kappa shape index (κ1) is 9.06. The molecule has 1 atom stereocenters. The highest BCUT2D eigenvalue weighted by Crippen LogP contribution is 2.22. The Morgan fingerprint density at radius 1 is 1.58 bits per heavy atom. The second-order valence-electron chi connectivity index (χ2n) is 2.51. The van der Waals surface area contributed by atoms with Crippen LogP contribution in [0.15, 0.2) is 12.3 Å². The Morgan fingerprint density at radius 3 is 2.75 bits per heavy atom. The lowest BCUT2D eigenvalue weighted by atomic mass is 9.99. The fourth-order valence-corrected chi connectivity index (χ4v) is 1.12. The SMILES string of the molecule is COC(=O)[C@]1(OC)C=COCC1. The van der Waals surface area contributed by atoms with Gasteiger partial charge < -0.3 is 14.2 Å². The number of hydrogen-bond acceptors (Lipinski definition) is 4. The van der Waals surface area contributed by atoms with Crippen LogP contribution in [0.2, 0.25) is 0 Å². The number of methoxy groups -OCH3 is 2. The second-order valence-corrected chi connectivity index (χ2v) is 2.51. The van der Waals surface area contributed by atoms with Gasteiger partial charge in [0.15, 0.2) is 5.60 Å². The quantitative estimate of drug-likeness (QED) is 0.568. The Balaban J connectivity index is 2.80. The Morgan fingerprint density at radius 2 is 2.33 bits per heavy atom. The van der Waals surface area contributed by atoms with E-state index < -0.39 is 5.60 Å². The van der Waals surface area contributed by atoms with Gasteiger partial charge in [-0.05, 0) is 6.08 Å². The molecule has 68 valence electrons. The second kappa shape index (κ2) is 3.58. The van der Waals surface area contributed by atoms with Crippen molar-refractivity contribution in [1.29, 1.82) is 0 Å². The molecule has 0 radical (unpaired) electrons. The Hall–Kier alpha value is -1.03. The van der Waals surface area contributed by atoms with Crippen molar-refractivity contribution in [2.45, 2.75) is 12.0 Å². The molecule has 0 bridgehead atoms. The molecule has 0 saturated carbocycles. The van der Waals surface area contributed by atoms with Gasteiger partial charge in [0.25, 0.3) is 0 Å². The topological polar surface area (TPSA) is 44.8 Å². The molecule has 1 rings (SSSR count). The summed E-state index contributed by atoms with van der Waals surface area (Å²) in [6.45, 7) is 0.472. The summed E-state index contributed by atoms with van der Waals surface area (Å²) < 4.78 is 14.7. The molecule has 0 unspecified atom stereocenters.